The van der Waals surface area contributed by atoms with E-state index in [2.05, 4.69) is 32.7 Å². The summed E-state index contributed by atoms with van der Waals surface area (Å²) in [6.45, 7) is 4.65. The summed E-state index contributed by atoms with van der Waals surface area (Å²) in [5.74, 6) is 0.460. The third-order valence-electron chi connectivity index (χ3n) is 3.75. The van der Waals surface area contributed by atoms with Crippen molar-refractivity contribution in [1.29, 1.82) is 0 Å². The average Bonchev–Trinajstić information content (AvgIpc) is 3.28. The molecule has 2 aromatic heterocycles. The second-order valence-electron chi connectivity index (χ2n) is 5.58. The molecule has 1 aliphatic rings. The molecule has 3 heterocycles. The standard InChI is InChI=1S/C14H21N7O2/c1-2-5-20-10-16-18-13(20)7-15-14(22)12-9-21(19-17-12)8-11-4-3-6-23-11/h9-11H,2-8H2,1H3,(H,15,22). The molecule has 0 aromatic carbocycles. The Hall–Kier alpha value is -2.29. The molecule has 0 radical (unpaired) electrons. The molecule has 9 heteroatoms. The van der Waals surface area contributed by atoms with Crippen LogP contribution in [0.15, 0.2) is 12.5 Å². The maximum absolute atomic E-state index is 12.1. The summed E-state index contributed by atoms with van der Waals surface area (Å²) < 4.78 is 9.13. The Morgan fingerprint density at radius 2 is 2.39 bits per heavy atom. The molecule has 1 saturated heterocycles. The molecule has 2 aromatic rings. The summed E-state index contributed by atoms with van der Waals surface area (Å²) in [6, 6.07) is 0. The molecule has 1 atom stereocenters. The molecule has 3 rings (SSSR count). The zero-order chi connectivity index (χ0) is 16.1. The van der Waals surface area contributed by atoms with Gasteiger partial charge in [0.05, 0.1) is 25.4 Å². The summed E-state index contributed by atoms with van der Waals surface area (Å²) in [6.07, 6.45) is 6.56. The molecular formula is C14H21N7O2. The lowest BCUT2D eigenvalue weighted by Gasteiger charge is -2.07. The van der Waals surface area contributed by atoms with Crippen LogP contribution >= 0.6 is 0 Å². The number of hydrogen-bond donors (Lipinski definition) is 1. The van der Waals surface area contributed by atoms with Crippen molar-refractivity contribution in [2.24, 2.45) is 0 Å². The SMILES string of the molecule is CCCn1cnnc1CNC(=O)c1cn(CC2CCCO2)nn1. The third kappa shape index (κ3) is 3.92. The van der Waals surface area contributed by atoms with Crippen molar-refractivity contribution in [3.63, 3.8) is 0 Å². The van der Waals surface area contributed by atoms with Gasteiger partial charge in [0.15, 0.2) is 11.5 Å². The van der Waals surface area contributed by atoms with Gasteiger partial charge >= 0.3 is 0 Å². The van der Waals surface area contributed by atoms with Crippen LogP contribution in [-0.2, 0) is 24.4 Å². The molecule has 1 aliphatic heterocycles. The highest BCUT2D eigenvalue weighted by atomic mass is 16.5. The lowest BCUT2D eigenvalue weighted by atomic mass is 10.2. The molecule has 0 saturated carbocycles. The van der Waals surface area contributed by atoms with Crippen LogP contribution in [0.4, 0.5) is 0 Å². The molecular weight excluding hydrogens is 298 g/mol. The molecule has 1 N–H and O–H groups in total. The van der Waals surface area contributed by atoms with E-state index in [4.69, 9.17) is 4.74 Å². The molecule has 0 bridgehead atoms. The number of ether oxygens (including phenoxy) is 1. The van der Waals surface area contributed by atoms with Crippen LogP contribution in [0.5, 0.6) is 0 Å². The topological polar surface area (TPSA) is 99.8 Å². The van der Waals surface area contributed by atoms with Gasteiger partial charge in [-0.15, -0.1) is 15.3 Å². The number of nitrogens with zero attached hydrogens (tertiary/aromatic N) is 6. The molecule has 23 heavy (non-hydrogen) atoms. The fourth-order valence-corrected chi connectivity index (χ4v) is 2.58. The van der Waals surface area contributed by atoms with Gasteiger partial charge < -0.3 is 14.6 Å². The minimum Gasteiger partial charge on any atom is -0.376 e. The van der Waals surface area contributed by atoms with Gasteiger partial charge in [-0.3, -0.25) is 4.79 Å². The summed E-state index contributed by atoms with van der Waals surface area (Å²) in [5.41, 5.74) is 0.296. The molecule has 124 valence electrons. The van der Waals surface area contributed by atoms with E-state index < -0.39 is 0 Å². The van der Waals surface area contributed by atoms with Crippen LogP contribution in [-0.4, -0.2) is 48.4 Å². The Labute approximate surface area is 134 Å². The first kappa shape index (κ1) is 15.6. The van der Waals surface area contributed by atoms with Crippen LogP contribution in [0.25, 0.3) is 0 Å². The second kappa shape index (κ2) is 7.32. The minimum atomic E-state index is -0.269. The maximum atomic E-state index is 12.1. The lowest BCUT2D eigenvalue weighted by Crippen LogP contribution is -2.25. The quantitative estimate of drug-likeness (QED) is 0.792. The van der Waals surface area contributed by atoms with Crippen LogP contribution in [0, 0.1) is 0 Å². The Morgan fingerprint density at radius 1 is 1.48 bits per heavy atom. The Morgan fingerprint density at radius 3 is 3.17 bits per heavy atom. The molecule has 0 aliphatic carbocycles. The Bertz CT molecular complexity index is 645. The molecule has 1 fully saturated rings. The summed E-state index contributed by atoms with van der Waals surface area (Å²) >= 11 is 0. The van der Waals surface area contributed by atoms with Crippen LogP contribution < -0.4 is 5.32 Å². The minimum absolute atomic E-state index is 0.167. The van der Waals surface area contributed by atoms with E-state index in [1.807, 2.05) is 4.57 Å². The van der Waals surface area contributed by atoms with E-state index >= 15 is 0 Å². The maximum Gasteiger partial charge on any atom is 0.273 e. The Balaban J connectivity index is 1.53. The fraction of sp³-hybridized carbons (Fsp3) is 0.643. The van der Waals surface area contributed by atoms with E-state index in [1.54, 1.807) is 17.2 Å². The predicted molar refractivity (Wildman–Crippen MR) is 80.5 cm³/mol. The normalized spacial score (nSPS) is 17.5. The zero-order valence-electron chi connectivity index (χ0n) is 13.2. The number of aryl methyl sites for hydroxylation is 1. The van der Waals surface area contributed by atoms with Gasteiger partial charge in [0, 0.05) is 13.2 Å². The van der Waals surface area contributed by atoms with Crippen molar-refractivity contribution in [3.8, 4) is 0 Å². The van der Waals surface area contributed by atoms with Crippen LogP contribution in [0.3, 0.4) is 0 Å². The van der Waals surface area contributed by atoms with E-state index in [9.17, 15) is 4.79 Å². The van der Waals surface area contributed by atoms with Gasteiger partial charge in [0.1, 0.15) is 6.33 Å². The summed E-state index contributed by atoms with van der Waals surface area (Å²) in [4.78, 5) is 12.1. The Kier molecular flexibility index (Phi) is 4.96. The molecule has 1 unspecified atom stereocenters. The van der Waals surface area contributed by atoms with Crippen molar-refractivity contribution in [3.05, 3.63) is 24.0 Å². The van der Waals surface area contributed by atoms with Crippen molar-refractivity contribution in [2.75, 3.05) is 6.61 Å². The highest BCUT2D eigenvalue weighted by Gasteiger charge is 2.18. The van der Waals surface area contributed by atoms with E-state index in [0.717, 1.165) is 38.2 Å². The smallest absolute Gasteiger partial charge is 0.273 e. The molecule has 0 spiro atoms. The van der Waals surface area contributed by atoms with Gasteiger partial charge in [-0.25, -0.2) is 4.68 Å². The van der Waals surface area contributed by atoms with Crippen molar-refractivity contribution in [2.45, 2.75) is 51.9 Å². The van der Waals surface area contributed by atoms with Crippen molar-refractivity contribution >= 4 is 5.91 Å². The third-order valence-corrected chi connectivity index (χ3v) is 3.75. The van der Waals surface area contributed by atoms with Crippen molar-refractivity contribution in [1.82, 2.24) is 35.1 Å². The number of hydrogen-bond acceptors (Lipinski definition) is 6. The first-order valence-corrected chi connectivity index (χ1v) is 7.93. The summed E-state index contributed by atoms with van der Waals surface area (Å²) in [7, 11) is 0. The first-order chi connectivity index (χ1) is 11.3. The lowest BCUT2D eigenvalue weighted by molar-refractivity contribution is 0.0929. The second-order valence-corrected chi connectivity index (χ2v) is 5.58. The number of rotatable bonds is 7. The zero-order valence-corrected chi connectivity index (χ0v) is 13.2. The molecule has 9 nitrogen and oxygen atoms in total. The average molecular weight is 319 g/mol. The van der Waals surface area contributed by atoms with E-state index in [1.165, 1.54) is 0 Å². The number of aromatic nitrogens is 6. The van der Waals surface area contributed by atoms with Crippen LogP contribution in [0.1, 0.15) is 42.5 Å². The van der Waals surface area contributed by atoms with E-state index in [-0.39, 0.29) is 12.0 Å². The highest BCUT2D eigenvalue weighted by Crippen LogP contribution is 2.13. The van der Waals surface area contributed by atoms with Crippen LogP contribution in [0.2, 0.25) is 0 Å². The van der Waals surface area contributed by atoms with Gasteiger partial charge in [-0.1, -0.05) is 12.1 Å². The molecule has 1 amide bonds. The van der Waals surface area contributed by atoms with Gasteiger partial charge in [0.2, 0.25) is 0 Å². The monoisotopic (exact) mass is 319 g/mol. The van der Waals surface area contributed by atoms with Gasteiger partial charge in [-0.05, 0) is 19.3 Å². The first-order valence-electron chi connectivity index (χ1n) is 7.93. The number of carbonyl (C=O) groups is 1. The fourth-order valence-electron chi connectivity index (χ4n) is 2.58. The number of nitrogens with one attached hydrogen (secondary N) is 1. The van der Waals surface area contributed by atoms with Crippen molar-refractivity contribution < 1.29 is 9.53 Å². The predicted octanol–water partition coefficient (Wildman–Crippen LogP) is 0.389. The summed E-state index contributed by atoms with van der Waals surface area (Å²) in [5, 5.41) is 18.6. The van der Waals surface area contributed by atoms with Gasteiger partial charge in [-0.2, -0.15) is 0 Å². The largest absolute Gasteiger partial charge is 0.376 e. The van der Waals surface area contributed by atoms with E-state index in [0.29, 0.717) is 18.8 Å². The number of amides is 1. The highest BCUT2D eigenvalue weighted by molar-refractivity contribution is 5.91. The number of carbonyl (C=O) groups excluding carboxylic acids is 1. The van der Waals surface area contributed by atoms with Gasteiger partial charge in [0.25, 0.3) is 5.91 Å².